The van der Waals surface area contributed by atoms with Gasteiger partial charge in [0, 0.05) is 11.8 Å². The van der Waals surface area contributed by atoms with E-state index in [9.17, 15) is 9.90 Å². The summed E-state index contributed by atoms with van der Waals surface area (Å²) in [5.41, 5.74) is 12.9. The fourth-order valence-corrected chi connectivity index (χ4v) is 4.95. The molecule has 1 unspecified atom stereocenters. The molecule has 8 nitrogen and oxygen atoms in total. The first-order valence-electron chi connectivity index (χ1n) is 11.4. The lowest BCUT2D eigenvalue weighted by Gasteiger charge is -2.38. The van der Waals surface area contributed by atoms with Gasteiger partial charge in [0.15, 0.2) is 0 Å². The van der Waals surface area contributed by atoms with Crippen molar-refractivity contribution in [2.45, 2.75) is 43.7 Å². The molecule has 1 fully saturated rings. The first-order chi connectivity index (χ1) is 16.5. The highest BCUT2D eigenvalue weighted by molar-refractivity contribution is 6.01. The van der Waals surface area contributed by atoms with Gasteiger partial charge in [-0.3, -0.25) is 4.79 Å². The van der Waals surface area contributed by atoms with Gasteiger partial charge in [0.25, 0.3) is 0 Å². The van der Waals surface area contributed by atoms with Crippen LogP contribution >= 0.6 is 0 Å². The number of nitrogen functional groups attached to an aromatic ring is 1. The predicted molar refractivity (Wildman–Crippen MR) is 130 cm³/mol. The Hall–Kier alpha value is -3.91. The fraction of sp³-hybridized carbons (Fsp3) is 0.269. The Kier molecular flexibility index (Phi) is 5.67. The van der Waals surface area contributed by atoms with Crippen LogP contribution in [0.15, 0.2) is 67.1 Å². The molecule has 5 rings (SSSR count). The molecule has 1 aliphatic carbocycles. The number of hydrogen-bond acceptors (Lipinski definition) is 6. The number of ether oxygens (including phenoxy) is 1. The average Bonchev–Trinajstić information content (AvgIpc) is 3.21. The molecule has 8 heteroatoms. The smallest absolute Gasteiger partial charge is 0.243 e. The van der Waals surface area contributed by atoms with Crippen LogP contribution < -0.4 is 16.2 Å². The van der Waals surface area contributed by atoms with Crippen LogP contribution in [0.25, 0.3) is 22.2 Å². The van der Waals surface area contributed by atoms with Crippen molar-refractivity contribution < 1.29 is 14.6 Å². The minimum atomic E-state index is -1.24. The molecule has 174 valence electrons. The zero-order chi connectivity index (χ0) is 23.7. The van der Waals surface area contributed by atoms with Crippen molar-refractivity contribution in [2.24, 2.45) is 5.73 Å². The predicted octanol–water partition coefficient (Wildman–Crippen LogP) is 4.19. The van der Waals surface area contributed by atoms with Crippen LogP contribution in [0.2, 0.25) is 0 Å². The van der Waals surface area contributed by atoms with E-state index in [1.165, 1.54) is 6.33 Å². The second-order valence-electron chi connectivity index (χ2n) is 8.82. The Bertz CT molecular complexity index is 1310. The monoisotopic (exact) mass is 457 g/mol. The van der Waals surface area contributed by atoms with Gasteiger partial charge >= 0.3 is 0 Å². The van der Waals surface area contributed by atoms with Crippen molar-refractivity contribution >= 4 is 22.8 Å². The fourth-order valence-electron chi connectivity index (χ4n) is 4.95. The minimum Gasteiger partial charge on any atom is -0.457 e. The third-order valence-electron chi connectivity index (χ3n) is 6.56. The van der Waals surface area contributed by atoms with E-state index in [2.05, 4.69) is 9.97 Å². The third kappa shape index (κ3) is 3.97. The number of hydrogen-bond donors (Lipinski definition) is 3. The van der Waals surface area contributed by atoms with E-state index in [0.29, 0.717) is 35.4 Å². The number of carbonyl (C=O) groups is 1. The highest BCUT2D eigenvalue weighted by Gasteiger charge is 2.43. The maximum atomic E-state index is 12.6. The van der Waals surface area contributed by atoms with Gasteiger partial charge in [0.05, 0.1) is 11.0 Å². The molecule has 4 aromatic rings. The van der Waals surface area contributed by atoms with E-state index >= 15 is 0 Å². The molecular formula is C26H27N5O3. The number of primary amides is 1. The zero-order valence-corrected chi connectivity index (χ0v) is 18.7. The van der Waals surface area contributed by atoms with E-state index < -0.39 is 17.6 Å². The minimum absolute atomic E-state index is 0.294. The lowest BCUT2D eigenvalue weighted by Crippen LogP contribution is -2.47. The number of nitrogens with two attached hydrogens (primary N) is 2. The maximum Gasteiger partial charge on any atom is 0.243 e. The summed E-state index contributed by atoms with van der Waals surface area (Å²) in [7, 11) is 0. The quantitative estimate of drug-likeness (QED) is 0.398. The molecular weight excluding hydrogens is 430 g/mol. The molecule has 1 saturated carbocycles. The second-order valence-corrected chi connectivity index (χ2v) is 8.82. The summed E-state index contributed by atoms with van der Waals surface area (Å²) in [5, 5.41) is 12.0. The van der Waals surface area contributed by atoms with E-state index in [-0.39, 0.29) is 0 Å². The number of anilines is 1. The summed E-state index contributed by atoms with van der Waals surface area (Å²) in [4.78, 5) is 21.2. The van der Waals surface area contributed by atoms with Crippen molar-refractivity contribution in [3.8, 4) is 22.6 Å². The topological polar surface area (TPSA) is 129 Å². The summed E-state index contributed by atoms with van der Waals surface area (Å²) in [5.74, 6) is 1.13. The van der Waals surface area contributed by atoms with Crippen LogP contribution in [0, 0.1) is 0 Å². The highest BCUT2D eigenvalue weighted by Crippen LogP contribution is 2.41. The van der Waals surface area contributed by atoms with Crippen molar-refractivity contribution in [1.82, 2.24) is 14.5 Å². The number of aromatic nitrogens is 3. The maximum absolute atomic E-state index is 12.6. The molecule has 1 atom stereocenters. The van der Waals surface area contributed by atoms with E-state index in [1.807, 2.05) is 54.6 Å². The summed E-state index contributed by atoms with van der Waals surface area (Å²) in [6.45, 7) is 0. The van der Waals surface area contributed by atoms with Crippen molar-refractivity contribution in [3.63, 3.8) is 0 Å². The number of fused-ring (bicyclic) bond motifs is 1. The molecule has 0 aliphatic heterocycles. The molecule has 1 aliphatic rings. The van der Waals surface area contributed by atoms with E-state index in [1.54, 1.807) is 10.8 Å². The molecule has 34 heavy (non-hydrogen) atoms. The Morgan fingerprint density at radius 1 is 1.00 bits per heavy atom. The number of nitrogens with zero attached hydrogens (tertiary/aromatic N) is 3. The van der Waals surface area contributed by atoms with Crippen LogP contribution in [0.1, 0.15) is 38.1 Å². The van der Waals surface area contributed by atoms with Gasteiger partial charge in [-0.1, -0.05) is 49.6 Å². The van der Waals surface area contributed by atoms with Crippen LogP contribution in [0.3, 0.4) is 0 Å². The van der Waals surface area contributed by atoms with Gasteiger partial charge in [0.2, 0.25) is 5.91 Å². The van der Waals surface area contributed by atoms with Gasteiger partial charge in [-0.25, -0.2) is 9.97 Å². The number of para-hydroxylation sites is 1. The standard InChI is InChI=1S/C26H27N5O3/c27-23-21-20(17-9-11-19(12-10-17)34-18-7-3-1-4-8-18)15-31(25(21)30-16-29-23)22(24(28)32)26(33)13-5-2-6-14-26/h1,3-4,7-12,15-16,22,33H,2,5-6,13-14H2,(H2,28,32)(H2,27,29,30). The lowest BCUT2D eigenvalue weighted by atomic mass is 9.79. The molecule has 0 spiro atoms. The van der Waals surface area contributed by atoms with Gasteiger partial charge in [-0.05, 0) is 42.7 Å². The molecule has 5 N–H and O–H groups in total. The van der Waals surface area contributed by atoms with Crippen LogP contribution in [-0.2, 0) is 4.79 Å². The lowest BCUT2D eigenvalue weighted by molar-refractivity contribution is -0.132. The normalized spacial score (nSPS) is 16.3. The van der Waals surface area contributed by atoms with E-state index in [4.69, 9.17) is 16.2 Å². The number of rotatable bonds is 6. The molecule has 0 radical (unpaired) electrons. The largest absolute Gasteiger partial charge is 0.457 e. The van der Waals surface area contributed by atoms with Crippen molar-refractivity contribution in [2.75, 3.05) is 5.73 Å². The summed E-state index contributed by atoms with van der Waals surface area (Å²) in [6.07, 6.45) is 6.86. The molecule has 2 heterocycles. The number of carbonyl (C=O) groups excluding carboxylic acids is 1. The van der Waals surface area contributed by atoms with Gasteiger partial charge < -0.3 is 25.9 Å². The summed E-state index contributed by atoms with van der Waals surface area (Å²) >= 11 is 0. The van der Waals surface area contributed by atoms with Gasteiger partial charge in [-0.15, -0.1) is 0 Å². The number of aliphatic hydroxyl groups is 1. The first-order valence-corrected chi connectivity index (χ1v) is 11.4. The highest BCUT2D eigenvalue weighted by atomic mass is 16.5. The van der Waals surface area contributed by atoms with Crippen LogP contribution in [0.4, 0.5) is 5.82 Å². The number of amides is 1. The van der Waals surface area contributed by atoms with Crippen LogP contribution in [-0.4, -0.2) is 31.1 Å². The van der Waals surface area contributed by atoms with Crippen LogP contribution in [0.5, 0.6) is 11.5 Å². The summed E-state index contributed by atoms with van der Waals surface area (Å²) in [6, 6.07) is 16.1. The SMILES string of the molecule is NC(=O)C(n1cc(-c2ccc(Oc3ccccc3)cc2)c2c(N)ncnc21)C1(O)CCCCC1. The zero-order valence-electron chi connectivity index (χ0n) is 18.7. The molecule has 0 saturated heterocycles. The van der Waals surface area contributed by atoms with Crippen molar-refractivity contribution in [3.05, 3.63) is 67.1 Å². The molecule has 2 aromatic carbocycles. The Balaban J connectivity index is 1.58. The molecule has 1 amide bonds. The molecule has 0 bridgehead atoms. The summed E-state index contributed by atoms with van der Waals surface area (Å²) < 4.78 is 7.57. The third-order valence-corrected chi connectivity index (χ3v) is 6.56. The Morgan fingerprint density at radius 3 is 2.35 bits per heavy atom. The Morgan fingerprint density at radius 2 is 1.68 bits per heavy atom. The van der Waals surface area contributed by atoms with Crippen molar-refractivity contribution in [1.29, 1.82) is 0 Å². The number of benzene rings is 2. The Labute approximate surface area is 197 Å². The van der Waals surface area contributed by atoms with Gasteiger partial charge in [-0.2, -0.15) is 0 Å². The van der Waals surface area contributed by atoms with Gasteiger partial charge in [0.1, 0.15) is 35.3 Å². The first kappa shape index (κ1) is 21.9. The van der Waals surface area contributed by atoms with E-state index in [0.717, 1.165) is 36.1 Å². The molecule has 2 aromatic heterocycles. The average molecular weight is 458 g/mol. The second kappa shape index (κ2) is 8.79.